The second-order valence-corrected chi connectivity index (χ2v) is 6.95. The minimum Gasteiger partial charge on any atom is -0.330 e. The molecule has 0 saturated heterocycles. The molecule has 0 spiro atoms. The van der Waals surface area contributed by atoms with E-state index in [2.05, 4.69) is 5.32 Å². The number of nitrogens with two attached hydrogens (primary N) is 1. The molecule has 0 saturated carbocycles. The predicted molar refractivity (Wildman–Crippen MR) is 76.7 cm³/mol. The maximum absolute atomic E-state index is 11.9. The second-order valence-electron chi connectivity index (χ2n) is 4.51. The predicted octanol–water partition coefficient (Wildman–Crippen LogP) is 1.09. The smallest absolute Gasteiger partial charge is 0.242 e. The van der Waals surface area contributed by atoms with Gasteiger partial charge < -0.3 is 11.1 Å². The van der Waals surface area contributed by atoms with Crippen LogP contribution in [0.1, 0.15) is 18.9 Å². The lowest BCUT2D eigenvalue weighted by Gasteiger charge is -2.13. The Morgan fingerprint density at radius 3 is 2.42 bits per heavy atom. The molecule has 0 aliphatic carbocycles. The van der Waals surface area contributed by atoms with Crippen LogP contribution in [0.25, 0.3) is 0 Å². The van der Waals surface area contributed by atoms with Crippen LogP contribution in [0, 0.1) is 6.92 Å². The summed E-state index contributed by atoms with van der Waals surface area (Å²) in [6.07, 6.45) is 0.366. The Morgan fingerprint density at radius 1 is 1.32 bits per heavy atom. The van der Waals surface area contributed by atoms with Gasteiger partial charge in [-0.3, -0.25) is 4.79 Å². The molecule has 0 aliphatic rings. The summed E-state index contributed by atoms with van der Waals surface area (Å²) < 4.78 is 23.7. The largest absolute Gasteiger partial charge is 0.330 e. The van der Waals surface area contributed by atoms with Gasteiger partial charge in [0, 0.05) is 5.69 Å². The number of amides is 1. The highest BCUT2D eigenvalue weighted by Gasteiger charge is 2.27. The lowest BCUT2D eigenvalue weighted by molar-refractivity contribution is -0.115. The number of aryl methyl sites for hydroxylation is 1. The van der Waals surface area contributed by atoms with Gasteiger partial charge in [-0.25, -0.2) is 8.42 Å². The van der Waals surface area contributed by atoms with E-state index in [4.69, 9.17) is 5.73 Å². The number of carbonyl (C=O) groups is 1. The second kappa shape index (κ2) is 6.68. The molecule has 0 radical (unpaired) electrons. The third-order valence-electron chi connectivity index (χ3n) is 2.86. The molecule has 5 nitrogen and oxygen atoms in total. The Hall–Kier alpha value is -1.40. The van der Waals surface area contributed by atoms with Gasteiger partial charge in [-0.05, 0) is 38.9 Å². The van der Waals surface area contributed by atoms with Crippen molar-refractivity contribution >= 4 is 21.4 Å². The van der Waals surface area contributed by atoms with Crippen molar-refractivity contribution in [2.45, 2.75) is 25.5 Å². The molecule has 19 heavy (non-hydrogen) atoms. The van der Waals surface area contributed by atoms with Crippen molar-refractivity contribution in [1.82, 2.24) is 0 Å². The zero-order valence-corrected chi connectivity index (χ0v) is 12.0. The van der Waals surface area contributed by atoms with Crippen LogP contribution < -0.4 is 11.1 Å². The van der Waals surface area contributed by atoms with E-state index in [1.54, 1.807) is 12.1 Å². The molecule has 1 aromatic carbocycles. The van der Waals surface area contributed by atoms with E-state index in [0.717, 1.165) is 5.56 Å². The van der Waals surface area contributed by atoms with Gasteiger partial charge in [-0.15, -0.1) is 0 Å². The van der Waals surface area contributed by atoms with Crippen LogP contribution in [0.5, 0.6) is 0 Å². The van der Waals surface area contributed by atoms with E-state index < -0.39 is 21.0 Å². The molecule has 106 valence electrons. The van der Waals surface area contributed by atoms with Gasteiger partial charge >= 0.3 is 0 Å². The van der Waals surface area contributed by atoms with Crippen LogP contribution in [0.4, 0.5) is 5.69 Å². The van der Waals surface area contributed by atoms with E-state index in [-0.39, 0.29) is 5.75 Å². The number of hydrogen-bond donors (Lipinski definition) is 2. The fourth-order valence-electron chi connectivity index (χ4n) is 1.51. The Kier molecular flexibility index (Phi) is 5.50. The Bertz CT molecular complexity index is 523. The topological polar surface area (TPSA) is 89.3 Å². The first kappa shape index (κ1) is 15.7. The summed E-state index contributed by atoms with van der Waals surface area (Å²) in [6.45, 7) is 3.63. The zero-order chi connectivity index (χ0) is 14.5. The Balaban J connectivity index is 2.69. The van der Waals surface area contributed by atoms with Crippen molar-refractivity contribution in [2.24, 2.45) is 5.73 Å². The fourth-order valence-corrected chi connectivity index (χ4v) is 2.81. The van der Waals surface area contributed by atoms with Gasteiger partial charge in [-0.1, -0.05) is 17.7 Å². The number of anilines is 1. The molecule has 6 heteroatoms. The minimum atomic E-state index is -3.44. The van der Waals surface area contributed by atoms with Crippen LogP contribution in [0.2, 0.25) is 0 Å². The first-order chi connectivity index (χ1) is 8.86. The molecule has 0 aliphatic heterocycles. The third-order valence-corrected chi connectivity index (χ3v) is 5.01. The summed E-state index contributed by atoms with van der Waals surface area (Å²) in [4.78, 5) is 11.9. The van der Waals surface area contributed by atoms with Gasteiger partial charge in [0.15, 0.2) is 9.84 Å². The monoisotopic (exact) mass is 284 g/mol. The van der Waals surface area contributed by atoms with Crippen LogP contribution in [0.15, 0.2) is 24.3 Å². The molecule has 3 N–H and O–H groups in total. The average Bonchev–Trinajstić information content (AvgIpc) is 2.38. The van der Waals surface area contributed by atoms with E-state index in [1.807, 2.05) is 19.1 Å². The summed E-state index contributed by atoms with van der Waals surface area (Å²) in [5.74, 6) is -0.577. The molecule has 1 aromatic rings. The summed E-state index contributed by atoms with van der Waals surface area (Å²) in [6, 6.07) is 7.19. The van der Waals surface area contributed by atoms with Gasteiger partial charge in [0.1, 0.15) is 5.25 Å². The molecular formula is C13H20N2O3S. The van der Waals surface area contributed by atoms with Crippen molar-refractivity contribution in [1.29, 1.82) is 0 Å². The van der Waals surface area contributed by atoms with Crippen molar-refractivity contribution in [3.8, 4) is 0 Å². The van der Waals surface area contributed by atoms with Gasteiger partial charge in [-0.2, -0.15) is 0 Å². The lowest BCUT2D eigenvalue weighted by atomic mass is 10.2. The summed E-state index contributed by atoms with van der Waals surface area (Å²) in [5, 5.41) is 1.53. The molecule has 0 fully saturated rings. The third kappa shape index (κ3) is 4.65. The first-order valence-electron chi connectivity index (χ1n) is 6.16. The van der Waals surface area contributed by atoms with Crippen molar-refractivity contribution in [2.75, 3.05) is 17.6 Å². The van der Waals surface area contributed by atoms with Crippen LogP contribution in [-0.4, -0.2) is 31.9 Å². The molecule has 1 unspecified atom stereocenters. The Morgan fingerprint density at radius 2 is 1.89 bits per heavy atom. The highest BCUT2D eigenvalue weighted by molar-refractivity contribution is 7.92. The SMILES string of the molecule is Cc1ccc(NC(=O)C(C)S(=O)(=O)CCCN)cc1. The summed E-state index contributed by atoms with van der Waals surface area (Å²) >= 11 is 0. The average molecular weight is 284 g/mol. The molecule has 0 heterocycles. The number of rotatable bonds is 6. The first-order valence-corrected chi connectivity index (χ1v) is 7.87. The molecule has 1 amide bonds. The van der Waals surface area contributed by atoms with Crippen LogP contribution in [0.3, 0.4) is 0 Å². The van der Waals surface area contributed by atoms with Crippen molar-refractivity contribution in [3.05, 3.63) is 29.8 Å². The molecule has 1 atom stereocenters. The summed E-state index contributed by atoms with van der Waals surface area (Å²) in [7, 11) is -3.44. The van der Waals surface area contributed by atoms with Crippen LogP contribution >= 0.6 is 0 Å². The van der Waals surface area contributed by atoms with Gasteiger partial charge in [0.2, 0.25) is 5.91 Å². The maximum Gasteiger partial charge on any atom is 0.242 e. The van der Waals surface area contributed by atoms with E-state index in [1.165, 1.54) is 6.92 Å². The molecule has 0 aromatic heterocycles. The molecular weight excluding hydrogens is 264 g/mol. The normalized spacial score (nSPS) is 13.0. The number of nitrogens with one attached hydrogen (secondary N) is 1. The highest BCUT2D eigenvalue weighted by atomic mass is 32.2. The summed E-state index contributed by atoms with van der Waals surface area (Å²) in [5.41, 5.74) is 6.95. The quantitative estimate of drug-likeness (QED) is 0.818. The fraction of sp³-hybridized carbons (Fsp3) is 0.462. The Labute approximate surface area is 114 Å². The highest BCUT2D eigenvalue weighted by Crippen LogP contribution is 2.11. The standard InChI is InChI=1S/C13H20N2O3S/c1-10-4-6-12(7-5-10)15-13(16)11(2)19(17,18)9-3-8-14/h4-7,11H,3,8-9,14H2,1-2H3,(H,15,16). The maximum atomic E-state index is 11.9. The lowest BCUT2D eigenvalue weighted by Crippen LogP contribution is -2.34. The van der Waals surface area contributed by atoms with Gasteiger partial charge in [0.25, 0.3) is 0 Å². The van der Waals surface area contributed by atoms with E-state index in [0.29, 0.717) is 18.7 Å². The van der Waals surface area contributed by atoms with Gasteiger partial charge in [0.05, 0.1) is 5.75 Å². The number of carbonyl (C=O) groups excluding carboxylic acids is 1. The number of benzene rings is 1. The molecule has 1 rings (SSSR count). The minimum absolute atomic E-state index is 0.0635. The van der Waals surface area contributed by atoms with E-state index >= 15 is 0 Å². The van der Waals surface area contributed by atoms with E-state index in [9.17, 15) is 13.2 Å². The zero-order valence-electron chi connectivity index (χ0n) is 11.2. The number of sulfone groups is 1. The molecule has 0 bridgehead atoms. The van der Waals surface area contributed by atoms with Crippen molar-refractivity contribution < 1.29 is 13.2 Å². The number of hydrogen-bond acceptors (Lipinski definition) is 4. The van der Waals surface area contributed by atoms with Crippen LogP contribution in [-0.2, 0) is 14.6 Å². The van der Waals surface area contributed by atoms with Crippen molar-refractivity contribution in [3.63, 3.8) is 0 Å².